The van der Waals surface area contributed by atoms with E-state index >= 15 is 0 Å². The molecule has 1 unspecified atom stereocenters. The molecule has 1 aromatic carbocycles. The highest BCUT2D eigenvalue weighted by Gasteiger charge is 2.21. The third kappa shape index (κ3) is 5.25. The highest BCUT2D eigenvalue weighted by molar-refractivity contribution is 7.92. The van der Waals surface area contributed by atoms with E-state index in [1.807, 2.05) is 6.07 Å². The van der Waals surface area contributed by atoms with Gasteiger partial charge in [0.25, 0.3) is 5.56 Å². The molecule has 0 bridgehead atoms. The van der Waals surface area contributed by atoms with E-state index in [9.17, 15) is 9.00 Å². The van der Waals surface area contributed by atoms with Crippen molar-refractivity contribution in [1.29, 1.82) is 0 Å². The van der Waals surface area contributed by atoms with E-state index in [0.717, 1.165) is 24.9 Å². The Morgan fingerprint density at radius 2 is 2.03 bits per heavy atom. The molecule has 3 aromatic heterocycles. The zero-order chi connectivity index (χ0) is 27.0. The van der Waals surface area contributed by atoms with Crippen LogP contribution >= 0.6 is 0 Å². The lowest BCUT2D eigenvalue weighted by atomic mass is 9.87. The summed E-state index contributed by atoms with van der Waals surface area (Å²) in [5.74, 6) is 1.11. The van der Waals surface area contributed by atoms with Crippen molar-refractivity contribution in [3.63, 3.8) is 0 Å². The Bertz CT molecular complexity index is 1700. The molecule has 11 heteroatoms. The lowest BCUT2D eigenvalue weighted by molar-refractivity contribution is 0.268. The van der Waals surface area contributed by atoms with Crippen LogP contribution in [0.2, 0.25) is 0 Å². The van der Waals surface area contributed by atoms with Gasteiger partial charge in [-0.15, -0.1) is 6.58 Å². The van der Waals surface area contributed by atoms with Gasteiger partial charge in [-0.1, -0.05) is 18.2 Å². The van der Waals surface area contributed by atoms with Crippen LogP contribution in [0.5, 0.6) is 0 Å². The van der Waals surface area contributed by atoms with Crippen LogP contribution in [0.25, 0.3) is 16.9 Å². The predicted molar refractivity (Wildman–Crippen MR) is 152 cm³/mol. The zero-order valence-corrected chi connectivity index (χ0v) is 22.9. The minimum Gasteiger partial charge on any atom is -0.324 e. The topological polar surface area (TPSA) is 110 Å². The second kappa shape index (κ2) is 10.1. The molecule has 3 heterocycles. The first-order chi connectivity index (χ1) is 18.1. The Morgan fingerprint density at radius 1 is 1.21 bits per heavy atom. The van der Waals surface area contributed by atoms with Crippen molar-refractivity contribution in [2.45, 2.75) is 31.8 Å². The first-order valence-corrected chi connectivity index (χ1v) is 14.8. The largest absolute Gasteiger partial charge is 0.324 e. The molecule has 0 spiro atoms. The molecule has 0 saturated heterocycles. The molecule has 10 nitrogen and oxygen atoms in total. The maximum atomic E-state index is 13.2. The van der Waals surface area contributed by atoms with E-state index < -0.39 is 9.73 Å². The Morgan fingerprint density at radius 3 is 2.76 bits per heavy atom. The predicted octanol–water partition coefficient (Wildman–Crippen LogP) is 3.68. The summed E-state index contributed by atoms with van der Waals surface area (Å²) >= 11 is 0. The number of nitrogens with zero attached hydrogens (tertiary/aromatic N) is 7. The number of rotatable bonds is 7. The Labute approximate surface area is 222 Å². The third-order valence-corrected chi connectivity index (χ3v) is 7.25. The third-order valence-electron chi connectivity index (χ3n) is 6.62. The molecule has 0 fully saturated rings. The van der Waals surface area contributed by atoms with Gasteiger partial charge in [-0.25, -0.2) is 23.5 Å². The lowest BCUT2D eigenvalue weighted by Crippen LogP contribution is -2.33. The van der Waals surface area contributed by atoms with Gasteiger partial charge < -0.3 is 10.2 Å². The minimum absolute atomic E-state index is 0.247. The van der Waals surface area contributed by atoms with Gasteiger partial charge in [-0.2, -0.15) is 9.35 Å². The van der Waals surface area contributed by atoms with Gasteiger partial charge in [-0.05, 0) is 68.8 Å². The first-order valence-electron chi connectivity index (χ1n) is 12.4. The molecule has 1 aliphatic carbocycles. The molecule has 38 heavy (non-hydrogen) atoms. The number of fused-ring (bicyclic) bond motifs is 2. The van der Waals surface area contributed by atoms with Crippen molar-refractivity contribution in [3.05, 3.63) is 76.7 Å². The highest BCUT2D eigenvalue weighted by Crippen LogP contribution is 2.27. The smallest absolute Gasteiger partial charge is 0.278 e. The fraction of sp³-hybridized carbons (Fsp3) is 0.333. The summed E-state index contributed by atoms with van der Waals surface area (Å²) in [6, 6.07) is 12.1. The van der Waals surface area contributed by atoms with Crippen LogP contribution in [-0.4, -0.2) is 66.1 Å². The summed E-state index contributed by atoms with van der Waals surface area (Å²) < 4.78 is 19.6. The number of aryl methyl sites for hydroxylation is 1. The summed E-state index contributed by atoms with van der Waals surface area (Å²) in [5.41, 5.74) is 3.73. The fourth-order valence-corrected chi connectivity index (χ4v) is 5.35. The van der Waals surface area contributed by atoms with Gasteiger partial charge in [0, 0.05) is 40.2 Å². The average molecular weight is 533 g/mol. The molecular weight excluding hydrogens is 500 g/mol. The summed E-state index contributed by atoms with van der Waals surface area (Å²) in [7, 11) is 1.84. The van der Waals surface area contributed by atoms with E-state index in [0.29, 0.717) is 34.7 Å². The van der Waals surface area contributed by atoms with Crippen LogP contribution in [-0.2, 0) is 29.1 Å². The molecule has 1 aliphatic rings. The van der Waals surface area contributed by atoms with Crippen molar-refractivity contribution in [1.82, 2.24) is 29.2 Å². The molecule has 1 N–H and O–H groups in total. The van der Waals surface area contributed by atoms with E-state index in [2.05, 4.69) is 57.4 Å². The van der Waals surface area contributed by atoms with Gasteiger partial charge in [0.1, 0.15) is 5.39 Å². The van der Waals surface area contributed by atoms with Crippen LogP contribution in [0.1, 0.15) is 17.5 Å². The molecule has 4 aromatic rings. The van der Waals surface area contributed by atoms with E-state index in [1.165, 1.54) is 22.0 Å². The normalized spacial score (nSPS) is 15.4. The number of anilines is 2. The number of benzene rings is 1. The van der Waals surface area contributed by atoms with Crippen LogP contribution in [0.15, 0.2) is 64.4 Å². The number of hydrogen-bond acceptors (Lipinski definition) is 8. The summed E-state index contributed by atoms with van der Waals surface area (Å²) in [6.45, 7) is 4.04. The van der Waals surface area contributed by atoms with Crippen molar-refractivity contribution in [2.24, 2.45) is 4.36 Å². The molecule has 0 amide bonds. The number of nitrogens with one attached hydrogen (secondary N) is 1. The Hall–Kier alpha value is -3.83. The Kier molecular flexibility index (Phi) is 6.89. The fourth-order valence-electron chi connectivity index (χ4n) is 4.80. The van der Waals surface area contributed by atoms with E-state index in [4.69, 9.17) is 4.98 Å². The Balaban J connectivity index is 1.57. The standard InChI is InChI=1S/C27H32N8O2S/c1-6-14-34-26(36)22-17-28-27(29-20-12-10-18-11-13-21(33(2)3)16-19(18)15-20)31-25(22)35(34)24-9-7-8-23(30-24)32-38(4,5)37/h6-10,12,15,17,21H,1,11,13-14,16H2,2-5H3,(H,28,29,31). The maximum absolute atomic E-state index is 13.2. The van der Waals surface area contributed by atoms with Crippen LogP contribution in [0, 0.1) is 0 Å². The quantitative estimate of drug-likeness (QED) is 0.362. The van der Waals surface area contributed by atoms with Crippen LogP contribution in [0.3, 0.4) is 0 Å². The number of hydrogen-bond donors (Lipinski definition) is 1. The van der Waals surface area contributed by atoms with Crippen LogP contribution < -0.4 is 10.9 Å². The molecule has 0 aliphatic heterocycles. The number of pyridine rings is 1. The van der Waals surface area contributed by atoms with Crippen molar-refractivity contribution in [2.75, 3.05) is 31.9 Å². The van der Waals surface area contributed by atoms with Crippen molar-refractivity contribution >= 4 is 38.2 Å². The van der Waals surface area contributed by atoms with Crippen molar-refractivity contribution in [3.8, 4) is 5.82 Å². The molecular formula is C27H32N8O2S. The highest BCUT2D eigenvalue weighted by atomic mass is 32.2. The van der Waals surface area contributed by atoms with Gasteiger partial charge in [0.15, 0.2) is 17.3 Å². The van der Waals surface area contributed by atoms with Crippen molar-refractivity contribution < 1.29 is 4.21 Å². The summed E-state index contributed by atoms with van der Waals surface area (Å²) in [6.07, 6.45) is 9.48. The SMILES string of the molecule is C=CCn1c(=O)c2cnc(Nc3ccc4c(c3)CC(N(C)C)CC4)nc2n1-c1cccc(N=S(C)(C)=O)n1. The monoisotopic (exact) mass is 532 g/mol. The maximum Gasteiger partial charge on any atom is 0.278 e. The second-order valence-corrected chi connectivity index (χ2v) is 12.6. The van der Waals surface area contributed by atoms with Gasteiger partial charge in [-0.3, -0.25) is 4.79 Å². The number of likely N-dealkylation sites (N-methyl/N-ethyl adjacent to an activating group) is 1. The summed E-state index contributed by atoms with van der Waals surface area (Å²) in [4.78, 5) is 29.2. The number of allylic oxidation sites excluding steroid dienone is 1. The second-order valence-electron chi connectivity index (χ2n) is 10.0. The number of aromatic nitrogens is 5. The molecule has 5 rings (SSSR count). The molecule has 1 atom stereocenters. The van der Waals surface area contributed by atoms with Gasteiger partial charge >= 0.3 is 0 Å². The van der Waals surface area contributed by atoms with E-state index in [-0.39, 0.29) is 12.1 Å². The van der Waals surface area contributed by atoms with Gasteiger partial charge in [0.2, 0.25) is 5.95 Å². The molecule has 198 valence electrons. The minimum atomic E-state index is -2.41. The lowest BCUT2D eigenvalue weighted by Gasteiger charge is -2.30. The first kappa shape index (κ1) is 25.8. The van der Waals surface area contributed by atoms with Gasteiger partial charge in [0.05, 0.1) is 6.54 Å². The zero-order valence-electron chi connectivity index (χ0n) is 22.1. The summed E-state index contributed by atoms with van der Waals surface area (Å²) in [5, 5.41) is 3.67. The van der Waals surface area contributed by atoms with Crippen LogP contribution in [0.4, 0.5) is 17.5 Å². The molecule has 0 saturated carbocycles. The average Bonchev–Trinajstić information content (AvgIpc) is 3.13. The van der Waals surface area contributed by atoms with E-state index in [1.54, 1.807) is 41.5 Å². The molecule has 0 radical (unpaired) electrons.